The average molecular weight is 227 g/mol. The summed E-state index contributed by atoms with van der Waals surface area (Å²) in [7, 11) is 0. The summed E-state index contributed by atoms with van der Waals surface area (Å²) in [6.45, 7) is 1.87. The van der Waals surface area contributed by atoms with Gasteiger partial charge >= 0.3 is 0 Å². The van der Waals surface area contributed by atoms with Crippen LogP contribution in [0, 0.1) is 6.92 Å². The standard InChI is InChI=1S/C13H13N3O/c1-8-6-11(13(15)16-7-8)12(17)9-2-4-10(14)5-3-9/h2-7H,14H2,1H3,(H2,15,16). The number of hydrogen-bond donors (Lipinski definition) is 2. The topological polar surface area (TPSA) is 82.0 Å². The maximum atomic E-state index is 12.2. The monoisotopic (exact) mass is 227 g/mol. The fraction of sp³-hybridized carbons (Fsp3) is 0.0769. The highest BCUT2D eigenvalue weighted by molar-refractivity contribution is 6.11. The van der Waals surface area contributed by atoms with Crippen molar-refractivity contribution >= 4 is 17.3 Å². The largest absolute Gasteiger partial charge is 0.399 e. The minimum Gasteiger partial charge on any atom is -0.399 e. The molecule has 0 saturated heterocycles. The Kier molecular flexibility index (Phi) is 2.78. The summed E-state index contributed by atoms with van der Waals surface area (Å²) in [5.74, 6) is 0.108. The zero-order valence-electron chi connectivity index (χ0n) is 9.47. The molecule has 4 nitrogen and oxygen atoms in total. The van der Waals surface area contributed by atoms with E-state index < -0.39 is 0 Å². The van der Waals surface area contributed by atoms with Gasteiger partial charge in [0.1, 0.15) is 5.82 Å². The van der Waals surface area contributed by atoms with Crippen LogP contribution >= 0.6 is 0 Å². The highest BCUT2D eigenvalue weighted by Crippen LogP contribution is 2.16. The van der Waals surface area contributed by atoms with Gasteiger partial charge in [0, 0.05) is 17.4 Å². The fourth-order valence-electron chi connectivity index (χ4n) is 1.55. The maximum absolute atomic E-state index is 12.2. The van der Waals surface area contributed by atoms with Crippen molar-refractivity contribution in [3.05, 3.63) is 53.2 Å². The van der Waals surface area contributed by atoms with Crippen LogP contribution in [0.1, 0.15) is 21.5 Å². The molecule has 0 saturated carbocycles. The molecule has 2 rings (SSSR count). The highest BCUT2D eigenvalue weighted by Gasteiger charge is 2.13. The van der Waals surface area contributed by atoms with Crippen molar-refractivity contribution < 1.29 is 4.79 Å². The van der Waals surface area contributed by atoms with Gasteiger partial charge in [-0.2, -0.15) is 0 Å². The van der Waals surface area contributed by atoms with Crippen LogP contribution in [0.15, 0.2) is 36.5 Å². The number of benzene rings is 1. The lowest BCUT2D eigenvalue weighted by Gasteiger charge is -2.05. The first kappa shape index (κ1) is 11.1. The molecular weight excluding hydrogens is 214 g/mol. The molecule has 86 valence electrons. The van der Waals surface area contributed by atoms with Crippen LogP contribution in [-0.4, -0.2) is 10.8 Å². The smallest absolute Gasteiger partial charge is 0.196 e. The van der Waals surface area contributed by atoms with Crippen LogP contribution in [0.3, 0.4) is 0 Å². The van der Waals surface area contributed by atoms with E-state index in [1.807, 2.05) is 6.92 Å². The van der Waals surface area contributed by atoms with E-state index in [0.717, 1.165) is 5.56 Å². The Balaban J connectivity index is 2.43. The predicted molar refractivity (Wildman–Crippen MR) is 67.7 cm³/mol. The molecule has 0 bridgehead atoms. The van der Waals surface area contributed by atoms with Crippen molar-refractivity contribution in [1.29, 1.82) is 0 Å². The van der Waals surface area contributed by atoms with Crippen LogP contribution in [0.4, 0.5) is 11.5 Å². The Morgan fingerprint density at radius 1 is 1.18 bits per heavy atom. The molecule has 1 aromatic carbocycles. The number of nitrogens with two attached hydrogens (primary N) is 2. The molecule has 4 heteroatoms. The molecule has 0 atom stereocenters. The Morgan fingerprint density at radius 2 is 1.82 bits per heavy atom. The second kappa shape index (κ2) is 4.25. The summed E-state index contributed by atoms with van der Waals surface area (Å²) in [6, 6.07) is 8.47. The molecule has 0 spiro atoms. The average Bonchev–Trinajstić information content (AvgIpc) is 2.32. The molecule has 4 N–H and O–H groups in total. The summed E-state index contributed by atoms with van der Waals surface area (Å²) in [5.41, 5.74) is 13.8. The second-order valence-electron chi connectivity index (χ2n) is 3.90. The van der Waals surface area contributed by atoms with E-state index in [1.165, 1.54) is 0 Å². The van der Waals surface area contributed by atoms with Crippen LogP contribution in [-0.2, 0) is 0 Å². The van der Waals surface area contributed by atoms with Crippen molar-refractivity contribution in [2.45, 2.75) is 6.92 Å². The summed E-state index contributed by atoms with van der Waals surface area (Å²) in [6.07, 6.45) is 1.63. The maximum Gasteiger partial charge on any atom is 0.196 e. The van der Waals surface area contributed by atoms with Gasteiger partial charge in [0.15, 0.2) is 5.78 Å². The Labute approximate surface area is 99.3 Å². The van der Waals surface area contributed by atoms with E-state index in [9.17, 15) is 4.79 Å². The summed E-state index contributed by atoms with van der Waals surface area (Å²) >= 11 is 0. The fourth-order valence-corrected chi connectivity index (χ4v) is 1.55. The summed E-state index contributed by atoms with van der Waals surface area (Å²) in [4.78, 5) is 16.1. The molecule has 1 aromatic heterocycles. The van der Waals surface area contributed by atoms with Gasteiger partial charge in [0.05, 0.1) is 5.56 Å². The van der Waals surface area contributed by atoms with Crippen LogP contribution in [0.25, 0.3) is 0 Å². The predicted octanol–water partition coefficient (Wildman–Crippen LogP) is 1.79. The zero-order chi connectivity index (χ0) is 12.4. The third-order valence-corrected chi connectivity index (χ3v) is 2.47. The SMILES string of the molecule is Cc1cnc(N)c(C(=O)c2ccc(N)cc2)c1. The number of pyridine rings is 1. The Morgan fingerprint density at radius 3 is 2.47 bits per heavy atom. The number of aromatic nitrogens is 1. The van der Waals surface area contributed by atoms with Gasteiger partial charge in [-0.3, -0.25) is 4.79 Å². The molecule has 0 aliphatic heterocycles. The molecule has 0 unspecified atom stereocenters. The first-order valence-corrected chi connectivity index (χ1v) is 5.20. The number of aryl methyl sites for hydroxylation is 1. The quantitative estimate of drug-likeness (QED) is 0.605. The van der Waals surface area contributed by atoms with E-state index in [1.54, 1.807) is 36.5 Å². The van der Waals surface area contributed by atoms with E-state index >= 15 is 0 Å². The molecule has 0 fully saturated rings. The third kappa shape index (κ3) is 2.25. The minimum atomic E-state index is -0.140. The van der Waals surface area contributed by atoms with Gasteiger partial charge in [-0.1, -0.05) is 0 Å². The van der Waals surface area contributed by atoms with Gasteiger partial charge in [0.2, 0.25) is 0 Å². The molecule has 17 heavy (non-hydrogen) atoms. The van der Waals surface area contributed by atoms with Gasteiger partial charge < -0.3 is 11.5 Å². The number of nitrogens with zero attached hydrogens (tertiary/aromatic N) is 1. The lowest BCUT2D eigenvalue weighted by molar-refractivity contribution is 0.103. The molecule has 2 aromatic rings. The molecule has 0 aliphatic carbocycles. The normalized spacial score (nSPS) is 10.2. The van der Waals surface area contributed by atoms with Crippen molar-refractivity contribution in [2.24, 2.45) is 0 Å². The number of carbonyl (C=O) groups excluding carboxylic acids is 1. The summed E-state index contributed by atoms with van der Waals surface area (Å²) < 4.78 is 0. The molecule has 0 amide bonds. The van der Waals surface area contributed by atoms with Crippen LogP contribution < -0.4 is 11.5 Å². The number of ketones is 1. The Bertz CT molecular complexity index is 561. The van der Waals surface area contributed by atoms with Gasteiger partial charge in [-0.15, -0.1) is 0 Å². The Hall–Kier alpha value is -2.36. The van der Waals surface area contributed by atoms with Crippen LogP contribution in [0.5, 0.6) is 0 Å². The number of carbonyl (C=O) groups is 1. The minimum absolute atomic E-state index is 0.140. The number of rotatable bonds is 2. The van der Waals surface area contributed by atoms with Crippen LogP contribution in [0.2, 0.25) is 0 Å². The van der Waals surface area contributed by atoms with Crippen molar-refractivity contribution in [3.8, 4) is 0 Å². The zero-order valence-corrected chi connectivity index (χ0v) is 9.47. The molecule has 0 radical (unpaired) electrons. The molecule has 1 heterocycles. The third-order valence-electron chi connectivity index (χ3n) is 2.47. The lowest BCUT2D eigenvalue weighted by atomic mass is 10.0. The first-order valence-electron chi connectivity index (χ1n) is 5.20. The van der Waals surface area contributed by atoms with Crippen molar-refractivity contribution in [1.82, 2.24) is 4.98 Å². The highest BCUT2D eigenvalue weighted by atomic mass is 16.1. The number of anilines is 2. The molecular formula is C13H13N3O. The number of hydrogen-bond acceptors (Lipinski definition) is 4. The molecule has 0 aliphatic rings. The summed E-state index contributed by atoms with van der Waals surface area (Å²) in [5, 5.41) is 0. The van der Waals surface area contributed by atoms with E-state index in [4.69, 9.17) is 11.5 Å². The number of nitrogen functional groups attached to an aromatic ring is 2. The van der Waals surface area contributed by atoms with E-state index in [2.05, 4.69) is 4.98 Å². The van der Waals surface area contributed by atoms with E-state index in [-0.39, 0.29) is 11.6 Å². The van der Waals surface area contributed by atoms with E-state index in [0.29, 0.717) is 16.8 Å². The van der Waals surface area contributed by atoms with Gasteiger partial charge in [-0.25, -0.2) is 4.98 Å². The second-order valence-corrected chi connectivity index (χ2v) is 3.90. The van der Waals surface area contributed by atoms with Crippen molar-refractivity contribution in [3.63, 3.8) is 0 Å². The van der Waals surface area contributed by atoms with Gasteiger partial charge in [-0.05, 0) is 42.8 Å². The lowest BCUT2D eigenvalue weighted by Crippen LogP contribution is -2.07. The van der Waals surface area contributed by atoms with Crippen molar-refractivity contribution in [2.75, 3.05) is 11.5 Å². The van der Waals surface area contributed by atoms with Gasteiger partial charge in [0.25, 0.3) is 0 Å². The first-order chi connectivity index (χ1) is 8.08.